The van der Waals surface area contributed by atoms with Gasteiger partial charge in [0, 0.05) is 16.8 Å². The van der Waals surface area contributed by atoms with Crippen LogP contribution in [0.15, 0.2) is 82.5 Å². The SMILES string of the molecule is O=C(N/N=C/c1cccc2ccccc12)c1nn(Cc2ccc(Cl)cc2)cc1Br. The lowest BCUT2D eigenvalue weighted by Gasteiger charge is -2.02. The molecule has 29 heavy (non-hydrogen) atoms. The Hall–Kier alpha value is -2.96. The summed E-state index contributed by atoms with van der Waals surface area (Å²) in [6.07, 6.45) is 3.40. The number of hydrogen-bond donors (Lipinski definition) is 1. The third-order valence-electron chi connectivity index (χ3n) is 4.38. The fraction of sp³-hybridized carbons (Fsp3) is 0.0455. The first kappa shape index (κ1) is 19.4. The van der Waals surface area contributed by atoms with Gasteiger partial charge in [0.15, 0.2) is 5.69 Å². The Morgan fingerprint density at radius 2 is 1.86 bits per heavy atom. The van der Waals surface area contributed by atoms with Crippen LogP contribution >= 0.6 is 27.5 Å². The maximum absolute atomic E-state index is 12.5. The van der Waals surface area contributed by atoms with E-state index in [4.69, 9.17) is 11.6 Å². The van der Waals surface area contributed by atoms with E-state index in [0.717, 1.165) is 21.9 Å². The molecule has 0 aliphatic heterocycles. The molecule has 3 aromatic carbocycles. The highest BCUT2D eigenvalue weighted by molar-refractivity contribution is 9.10. The molecule has 0 unspecified atom stereocenters. The van der Waals surface area contributed by atoms with Crippen molar-refractivity contribution in [2.75, 3.05) is 0 Å². The van der Waals surface area contributed by atoms with Gasteiger partial charge in [0.05, 0.1) is 17.2 Å². The van der Waals surface area contributed by atoms with E-state index in [1.165, 1.54) is 0 Å². The summed E-state index contributed by atoms with van der Waals surface area (Å²) in [7, 11) is 0. The van der Waals surface area contributed by atoms with Crippen LogP contribution in [-0.4, -0.2) is 21.9 Å². The van der Waals surface area contributed by atoms with E-state index in [0.29, 0.717) is 16.0 Å². The molecular weight excluding hydrogens is 452 g/mol. The molecule has 0 aliphatic carbocycles. The first-order valence-electron chi connectivity index (χ1n) is 8.89. The molecule has 1 N–H and O–H groups in total. The van der Waals surface area contributed by atoms with E-state index in [1.54, 1.807) is 17.1 Å². The van der Waals surface area contributed by atoms with Crippen molar-refractivity contribution in [2.45, 2.75) is 6.54 Å². The van der Waals surface area contributed by atoms with Crippen molar-refractivity contribution in [2.24, 2.45) is 5.10 Å². The smallest absolute Gasteiger partial charge is 0.266 e. The molecular formula is C22H16BrClN4O. The van der Waals surface area contributed by atoms with Crippen molar-refractivity contribution in [3.63, 3.8) is 0 Å². The van der Waals surface area contributed by atoms with Gasteiger partial charge in [0.2, 0.25) is 0 Å². The van der Waals surface area contributed by atoms with Gasteiger partial charge in [-0.25, -0.2) is 5.43 Å². The monoisotopic (exact) mass is 466 g/mol. The third kappa shape index (κ3) is 4.55. The molecule has 0 aliphatic rings. The van der Waals surface area contributed by atoms with Crippen LogP contribution in [0.25, 0.3) is 10.8 Å². The largest absolute Gasteiger partial charge is 0.293 e. The lowest BCUT2D eigenvalue weighted by Crippen LogP contribution is -2.19. The van der Waals surface area contributed by atoms with Crippen molar-refractivity contribution >= 4 is 50.4 Å². The minimum absolute atomic E-state index is 0.272. The molecule has 0 spiro atoms. The summed E-state index contributed by atoms with van der Waals surface area (Å²) in [5, 5.41) is 11.3. The van der Waals surface area contributed by atoms with E-state index < -0.39 is 0 Å². The number of carbonyl (C=O) groups excluding carboxylic acids is 1. The second-order valence-electron chi connectivity index (χ2n) is 6.42. The van der Waals surface area contributed by atoms with Crippen molar-refractivity contribution in [3.8, 4) is 0 Å². The van der Waals surface area contributed by atoms with E-state index in [1.807, 2.05) is 66.7 Å². The molecule has 0 saturated heterocycles. The highest BCUT2D eigenvalue weighted by atomic mass is 79.9. The van der Waals surface area contributed by atoms with Gasteiger partial charge in [-0.2, -0.15) is 10.2 Å². The van der Waals surface area contributed by atoms with Gasteiger partial charge >= 0.3 is 0 Å². The maximum atomic E-state index is 12.5. The number of fused-ring (bicyclic) bond motifs is 1. The van der Waals surface area contributed by atoms with Crippen LogP contribution < -0.4 is 5.43 Å². The number of carbonyl (C=O) groups is 1. The summed E-state index contributed by atoms with van der Waals surface area (Å²) in [6.45, 7) is 0.530. The zero-order valence-electron chi connectivity index (χ0n) is 15.2. The van der Waals surface area contributed by atoms with Crippen LogP contribution in [0, 0.1) is 0 Å². The topological polar surface area (TPSA) is 59.3 Å². The minimum atomic E-state index is -0.386. The minimum Gasteiger partial charge on any atom is -0.266 e. The number of hydrazone groups is 1. The molecule has 0 saturated carbocycles. The van der Waals surface area contributed by atoms with Crippen LogP contribution in [0.1, 0.15) is 21.6 Å². The van der Waals surface area contributed by atoms with E-state index in [2.05, 4.69) is 31.6 Å². The van der Waals surface area contributed by atoms with Crippen LogP contribution in [0.5, 0.6) is 0 Å². The van der Waals surface area contributed by atoms with E-state index in [-0.39, 0.29) is 11.6 Å². The van der Waals surface area contributed by atoms with Crippen molar-refractivity contribution in [1.29, 1.82) is 0 Å². The van der Waals surface area contributed by atoms with Crippen LogP contribution in [0.3, 0.4) is 0 Å². The van der Waals surface area contributed by atoms with Gasteiger partial charge in [-0.3, -0.25) is 9.48 Å². The molecule has 1 amide bonds. The lowest BCUT2D eigenvalue weighted by atomic mass is 10.1. The Morgan fingerprint density at radius 1 is 1.10 bits per heavy atom. The summed E-state index contributed by atoms with van der Waals surface area (Å²) in [5.74, 6) is -0.386. The fourth-order valence-electron chi connectivity index (χ4n) is 2.99. The summed E-state index contributed by atoms with van der Waals surface area (Å²) in [5.41, 5.74) is 4.78. The number of rotatable bonds is 5. The zero-order valence-corrected chi connectivity index (χ0v) is 17.6. The number of benzene rings is 3. The first-order chi connectivity index (χ1) is 14.1. The van der Waals surface area contributed by atoms with Crippen molar-refractivity contribution < 1.29 is 4.79 Å². The molecule has 0 atom stereocenters. The summed E-state index contributed by atoms with van der Waals surface area (Å²) in [4.78, 5) is 12.5. The highest BCUT2D eigenvalue weighted by Crippen LogP contribution is 2.18. The Morgan fingerprint density at radius 3 is 2.69 bits per heavy atom. The number of aromatic nitrogens is 2. The first-order valence-corrected chi connectivity index (χ1v) is 10.1. The second kappa shape index (κ2) is 8.59. The van der Waals surface area contributed by atoms with E-state index in [9.17, 15) is 4.79 Å². The van der Waals surface area contributed by atoms with Crippen LogP contribution in [-0.2, 0) is 6.54 Å². The van der Waals surface area contributed by atoms with Crippen LogP contribution in [0.4, 0.5) is 0 Å². The van der Waals surface area contributed by atoms with Crippen LogP contribution in [0.2, 0.25) is 5.02 Å². The highest BCUT2D eigenvalue weighted by Gasteiger charge is 2.15. The van der Waals surface area contributed by atoms with Crippen molar-refractivity contribution in [1.82, 2.24) is 15.2 Å². The normalized spacial score (nSPS) is 11.2. The summed E-state index contributed by atoms with van der Waals surface area (Å²) < 4.78 is 2.29. The molecule has 7 heteroatoms. The Balaban J connectivity index is 1.46. The predicted octanol–water partition coefficient (Wildman–Crippen LogP) is 5.26. The molecule has 0 bridgehead atoms. The quantitative estimate of drug-likeness (QED) is 0.321. The predicted molar refractivity (Wildman–Crippen MR) is 119 cm³/mol. The molecule has 0 radical (unpaired) electrons. The van der Waals surface area contributed by atoms with Gasteiger partial charge in [0.25, 0.3) is 5.91 Å². The Bertz CT molecular complexity index is 1200. The molecule has 1 aromatic heterocycles. The number of nitrogens with one attached hydrogen (secondary N) is 1. The van der Waals surface area contributed by atoms with Gasteiger partial charge in [-0.15, -0.1) is 0 Å². The number of nitrogens with zero attached hydrogens (tertiary/aromatic N) is 3. The molecule has 5 nitrogen and oxygen atoms in total. The maximum Gasteiger partial charge on any atom is 0.293 e. The van der Waals surface area contributed by atoms with Gasteiger partial charge in [0.1, 0.15) is 0 Å². The van der Waals surface area contributed by atoms with E-state index >= 15 is 0 Å². The molecule has 1 heterocycles. The Kier molecular flexibility index (Phi) is 5.74. The molecule has 4 aromatic rings. The molecule has 4 rings (SSSR count). The lowest BCUT2D eigenvalue weighted by molar-refractivity contribution is 0.0948. The average molecular weight is 468 g/mol. The standard InChI is InChI=1S/C22H16BrClN4O/c23-20-14-28(13-15-8-10-18(24)11-9-15)27-21(20)22(29)26-25-12-17-6-3-5-16-4-1-2-7-19(16)17/h1-12,14H,13H2,(H,26,29)/b25-12+. The van der Waals surface area contributed by atoms with Gasteiger partial charge in [-0.05, 0) is 44.4 Å². The Labute approximate surface area is 181 Å². The average Bonchev–Trinajstić information content (AvgIpc) is 3.10. The van der Waals surface area contributed by atoms with Gasteiger partial charge < -0.3 is 0 Å². The number of amides is 1. The second-order valence-corrected chi connectivity index (χ2v) is 7.71. The molecule has 0 fully saturated rings. The fourth-order valence-corrected chi connectivity index (χ4v) is 3.61. The summed E-state index contributed by atoms with van der Waals surface area (Å²) >= 11 is 9.31. The third-order valence-corrected chi connectivity index (χ3v) is 5.22. The molecule has 144 valence electrons. The summed E-state index contributed by atoms with van der Waals surface area (Å²) in [6, 6.07) is 21.5. The number of halogens is 2. The van der Waals surface area contributed by atoms with Gasteiger partial charge in [-0.1, -0.05) is 66.2 Å². The van der Waals surface area contributed by atoms with Crippen molar-refractivity contribution in [3.05, 3.63) is 99.2 Å². The zero-order chi connectivity index (χ0) is 20.2. The number of hydrogen-bond acceptors (Lipinski definition) is 3.